The molecule has 0 atom stereocenters. The summed E-state index contributed by atoms with van der Waals surface area (Å²) in [6.45, 7) is 9.73. The van der Waals surface area contributed by atoms with Crippen LogP contribution >= 0.6 is 23.2 Å². The van der Waals surface area contributed by atoms with Gasteiger partial charge in [-0.05, 0) is 50.7 Å². The van der Waals surface area contributed by atoms with Gasteiger partial charge in [-0.25, -0.2) is 0 Å². The molecule has 0 aliphatic heterocycles. The van der Waals surface area contributed by atoms with Crippen LogP contribution in [0.25, 0.3) is 0 Å². The van der Waals surface area contributed by atoms with Gasteiger partial charge in [0, 0.05) is 16.5 Å². The zero-order chi connectivity index (χ0) is 14.6. The van der Waals surface area contributed by atoms with Crippen LogP contribution < -0.4 is 0 Å². The summed E-state index contributed by atoms with van der Waals surface area (Å²) in [5.41, 5.74) is 0.300. The van der Waals surface area contributed by atoms with Crippen LogP contribution in [0.4, 0.5) is 0 Å². The molecule has 4 heteroatoms. The van der Waals surface area contributed by atoms with Crippen LogP contribution in [-0.4, -0.2) is 29.3 Å². The van der Waals surface area contributed by atoms with Gasteiger partial charge < -0.3 is 0 Å². The first-order valence-corrected chi connectivity index (χ1v) is 7.30. The Labute approximate surface area is 125 Å². The van der Waals surface area contributed by atoms with E-state index in [-0.39, 0.29) is 5.78 Å². The van der Waals surface area contributed by atoms with Crippen molar-refractivity contribution >= 4 is 29.0 Å². The number of halogens is 2. The highest BCUT2D eigenvalue weighted by Crippen LogP contribution is 2.24. The molecule has 1 rings (SSSR count). The monoisotopic (exact) mass is 301 g/mol. The van der Waals surface area contributed by atoms with Gasteiger partial charge in [-0.2, -0.15) is 0 Å². The highest BCUT2D eigenvalue weighted by molar-refractivity contribution is 6.33. The van der Waals surface area contributed by atoms with Crippen molar-refractivity contribution in [2.75, 3.05) is 13.1 Å². The number of hydrogen-bond donors (Lipinski definition) is 0. The van der Waals surface area contributed by atoms with Gasteiger partial charge in [-0.15, -0.1) is 0 Å². The first-order valence-electron chi connectivity index (χ1n) is 6.55. The van der Waals surface area contributed by atoms with Crippen molar-refractivity contribution in [2.45, 2.75) is 39.7 Å². The Morgan fingerprint density at radius 3 is 2.32 bits per heavy atom. The van der Waals surface area contributed by atoms with Crippen molar-refractivity contribution in [3.05, 3.63) is 33.8 Å². The van der Waals surface area contributed by atoms with Crippen LogP contribution in [0.2, 0.25) is 10.0 Å². The smallest absolute Gasteiger partial charge is 0.156 e. The Morgan fingerprint density at radius 2 is 1.79 bits per heavy atom. The fourth-order valence-corrected chi connectivity index (χ4v) is 2.64. The van der Waals surface area contributed by atoms with Crippen molar-refractivity contribution < 1.29 is 4.79 Å². The van der Waals surface area contributed by atoms with Crippen molar-refractivity contribution in [2.24, 2.45) is 0 Å². The van der Waals surface area contributed by atoms with E-state index in [0.717, 1.165) is 18.7 Å². The van der Waals surface area contributed by atoms with E-state index in [4.69, 9.17) is 23.2 Å². The van der Waals surface area contributed by atoms with E-state index in [2.05, 4.69) is 18.7 Å². The van der Waals surface area contributed by atoms with E-state index in [1.807, 2.05) is 13.8 Å². The topological polar surface area (TPSA) is 20.3 Å². The molecule has 0 aliphatic rings. The molecule has 0 unspecified atom stereocenters. The molecule has 0 aliphatic carbocycles. The van der Waals surface area contributed by atoms with E-state index in [9.17, 15) is 4.79 Å². The van der Waals surface area contributed by atoms with Crippen molar-refractivity contribution in [3.63, 3.8) is 0 Å². The van der Waals surface area contributed by atoms with Crippen LogP contribution in [0.15, 0.2) is 18.2 Å². The first-order chi connectivity index (χ1) is 8.82. The van der Waals surface area contributed by atoms with Gasteiger partial charge in [0.15, 0.2) is 5.78 Å². The Kier molecular flexibility index (Phi) is 5.84. The number of Topliss-reactive ketones (excluding diaryl/α,β-unsaturated/α-hetero) is 1. The molecular formula is C15H21Cl2NO. The molecule has 0 aromatic heterocycles. The second-order valence-corrected chi connectivity index (χ2v) is 5.91. The molecule has 0 bridgehead atoms. The Morgan fingerprint density at radius 1 is 1.21 bits per heavy atom. The lowest BCUT2D eigenvalue weighted by atomic mass is 9.91. The highest BCUT2D eigenvalue weighted by Gasteiger charge is 2.32. The third-order valence-corrected chi connectivity index (χ3v) is 4.20. The van der Waals surface area contributed by atoms with E-state index in [0.29, 0.717) is 16.5 Å². The number of rotatable bonds is 6. The molecule has 106 valence electrons. The average Bonchev–Trinajstić information content (AvgIpc) is 2.35. The molecule has 0 radical (unpaired) electrons. The van der Waals surface area contributed by atoms with Crippen LogP contribution in [0.1, 0.15) is 33.3 Å². The molecule has 0 amide bonds. The van der Waals surface area contributed by atoms with E-state index in [1.54, 1.807) is 18.2 Å². The number of hydrogen-bond acceptors (Lipinski definition) is 2. The number of nitrogens with zero attached hydrogens (tertiary/aromatic N) is 1. The van der Waals surface area contributed by atoms with E-state index < -0.39 is 5.54 Å². The number of benzene rings is 1. The SMILES string of the molecule is CCN(CC)C(C)(C)C(=O)Cc1cc(Cl)ccc1Cl. The van der Waals surface area contributed by atoms with Gasteiger partial charge >= 0.3 is 0 Å². The maximum absolute atomic E-state index is 12.5. The van der Waals surface area contributed by atoms with E-state index >= 15 is 0 Å². The number of ketones is 1. The van der Waals surface area contributed by atoms with E-state index in [1.165, 1.54) is 0 Å². The molecule has 1 aromatic carbocycles. The summed E-state index contributed by atoms with van der Waals surface area (Å²) in [6.07, 6.45) is 0.308. The lowest BCUT2D eigenvalue weighted by Gasteiger charge is -2.36. The Bertz CT molecular complexity index is 453. The minimum absolute atomic E-state index is 0.153. The summed E-state index contributed by atoms with van der Waals surface area (Å²) in [5.74, 6) is 0.153. The number of likely N-dealkylation sites (N-methyl/N-ethyl adjacent to an activating group) is 1. The van der Waals surface area contributed by atoms with Gasteiger partial charge in [-0.1, -0.05) is 37.0 Å². The van der Waals surface area contributed by atoms with Crippen LogP contribution in [0, 0.1) is 0 Å². The van der Waals surface area contributed by atoms with Crippen LogP contribution in [-0.2, 0) is 11.2 Å². The zero-order valence-corrected chi connectivity index (χ0v) is 13.5. The van der Waals surface area contributed by atoms with Gasteiger partial charge in [0.05, 0.1) is 5.54 Å². The molecule has 0 N–H and O–H groups in total. The molecular weight excluding hydrogens is 281 g/mol. The van der Waals surface area contributed by atoms with Crippen molar-refractivity contribution in [3.8, 4) is 0 Å². The number of carbonyl (C=O) groups excluding carboxylic acids is 1. The zero-order valence-electron chi connectivity index (χ0n) is 12.0. The summed E-state index contributed by atoms with van der Waals surface area (Å²) in [5, 5.41) is 1.20. The maximum atomic E-state index is 12.5. The summed E-state index contributed by atoms with van der Waals surface area (Å²) in [6, 6.07) is 5.23. The fraction of sp³-hybridized carbons (Fsp3) is 0.533. The van der Waals surface area contributed by atoms with Crippen LogP contribution in [0.3, 0.4) is 0 Å². The molecule has 2 nitrogen and oxygen atoms in total. The van der Waals surface area contributed by atoms with Gasteiger partial charge in [0.25, 0.3) is 0 Å². The fourth-order valence-electron chi connectivity index (χ4n) is 2.26. The second kappa shape index (κ2) is 6.74. The van der Waals surface area contributed by atoms with Gasteiger partial charge in [0.1, 0.15) is 0 Å². The van der Waals surface area contributed by atoms with Crippen molar-refractivity contribution in [1.29, 1.82) is 0 Å². The predicted molar refractivity (Wildman–Crippen MR) is 82.2 cm³/mol. The average molecular weight is 302 g/mol. The van der Waals surface area contributed by atoms with Crippen molar-refractivity contribution in [1.82, 2.24) is 4.90 Å². The lowest BCUT2D eigenvalue weighted by Crippen LogP contribution is -2.50. The second-order valence-electron chi connectivity index (χ2n) is 5.07. The minimum atomic E-state index is -0.491. The summed E-state index contributed by atoms with van der Waals surface area (Å²) >= 11 is 12.1. The predicted octanol–water partition coefficient (Wildman–Crippen LogP) is 4.23. The minimum Gasteiger partial charge on any atom is -0.297 e. The summed E-state index contributed by atoms with van der Waals surface area (Å²) in [4.78, 5) is 14.7. The molecule has 0 saturated heterocycles. The normalized spacial score (nSPS) is 11.9. The highest BCUT2D eigenvalue weighted by atomic mass is 35.5. The van der Waals surface area contributed by atoms with Gasteiger partial charge in [0.2, 0.25) is 0 Å². The molecule has 0 heterocycles. The molecule has 0 saturated carbocycles. The van der Waals surface area contributed by atoms with Gasteiger partial charge in [-0.3, -0.25) is 9.69 Å². The summed E-state index contributed by atoms with van der Waals surface area (Å²) < 4.78 is 0. The largest absolute Gasteiger partial charge is 0.297 e. The molecule has 1 aromatic rings. The lowest BCUT2D eigenvalue weighted by molar-refractivity contribution is -0.128. The molecule has 0 fully saturated rings. The molecule has 0 spiro atoms. The summed E-state index contributed by atoms with van der Waals surface area (Å²) in [7, 11) is 0. The third-order valence-electron chi connectivity index (χ3n) is 3.60. The Hall–Kier alpha value is -0.570. The number of carbonyl (C=O) groups is 1. The quantitative estimate of drug-likeness (QED) is 0.784. The molecule has 19 heavy (non-hydrogen) atoms. The standard InChI is InChI=1S/C15H21Cl2NO/c1-5-18(6-2)15(3,4)14(19)10-11-9-12(16)7-8-13(11)17/h7-9H,5-6,10H2,1-4H3. The van der Waals surface area contributed by atoms with Crippen LogP contribution in [0.5, 0.6) is 0 Å². The third kappa shape index (κ3) is 3.95. The maximum Gasteiger partial charge on any atom is 0.156 e. The Balaban J connectivity index is 2.92. The first kappa shape index (κ1) is 16.5.